The van der Waals surface area contributed by atoms with Crippen LogP contribution in [0.15, 0.2) is 41.1 Å². The Kier molecular flexibility index (Phi) is 5.13. The van der Waals surface area contributed by atoms with Gasteiger partial charge in [0.2, 0.25) is 0 Å². The molecule has 0 spiro atoms. The summed E-state index contributed by atoms with van der Waals surface area (Å²) in [6.07, 6.45) is 0. The first-order valence-corrected chi connectivity index (χ1v) is 8.91. The van der Waals surface area contributed by atoms with Gasteiger partial charge in [0.05, 0.1) is 13.8 Å². The van der Waals surface area contributed by atoms with Gasteiger partial charge >= 0.3 is 0 Å². The molecule has 0 fully saturated rings. The lowest BCUT2D eigenvalue weighted by Crippen LogP contribution is -2.22. The molecular formula is C17H20N4OS2. The smallest absolute Gasteiger partial charge is 0.199 e. The Balaban J connectivity index is 1.81. The van der Waals surface area contributed by atoms with Gasteiger partial charge in [-0.15, -0.1) is 0 Å². The van der Waals surface area contributed by atoms with Crippen LogP contribution in [-0.2, 0) is 20.3 Å². The third kappa shape index (κ3) is 3.58. The summed E-state index contributed by atoms with van der Waals surface area (Å²) >= 11 is 7.26. The number of aromatic nitrogens is 3. The Morgan fingerprint density at radius 2 is 2.00 bits per heavy atom. The van der Waals surface area contributed by atoms with E-state index in [1.54, 1.807) is 18.4 Å². The number of hydrogen-bond acceptors (Lipinski definition) is 5. The van der Waals surface area contributed by atoms with Gasteiger partial charge in [-0.3, -0.25) is 4.90 Å². The third-order valence-electron chi connectivity index (χ3n) is 3.80. The lowest BCUT2D eigenvalue weighted by atomic mass is 10.2. The van der Waals surface area contributed by atoms with Crippen LogP contribution in [0, 0.1) is 4.77 Å². The van der Waals surface area contributed by atoms with Crippen LogP contribution in [0.3, 0.4) is 0 Å². The molecule has 24 heavy (non-hydrogen) atoms. The zero-order valence-corrected chi connectivity index (χ0v) is 15.6. The average molecular weight is 361 g/mol. The SMILES string of the molecule is COc1ccc(-c2nn(CN(C)Cc3ccsc3)c(=S)n2C)cc1. The van der Waals surface area contributed by atoms with E-state index >= 15 is 0 Å². The number of benzene rings is 1. The first-order chi connectivity index (χ1) is 11.6. The molecule has 1 aromatic carbocycles. The van der Waals surface area contributed by atoms with Crippen molar-refractivity contribution in [1.82, 2.24) is 19.2 Å². The van der Waals surface area contributed by atoms with Gasteiger partial charge in [0.25, 0.3) is 0 Å². The van der Waals surface area contributed by atoms with Gasteiger partial charge in [-0.2, -0.15) is 16.4 Å². The molecule has 0 radical (unpaired) electrons. The molecule has 126 valence electrons. The highest BCUT2D eigenvalue weighted by molar-refractivity contribution is 7.71. The molecule has 0 saturated heterocycles. The Hall–Kier alpha value is -1.96. The minimum atomic E-state index is 0.651. The molecule has 2 aromatic heterocycles. The Morgan fingerprint density at radius 3 is 2.62 bits per heavy atom. The van der Waals surface area contributed by atoms with Crippen molar-refractivity contribution in [2.45, 2.75) is 13.2 Å². The molecule has 0 atom stereocenters. The summed E-state index contributed by atoms with van der Waals surface area (Å²) in [4.78, 5) is 2.20. The summed E-state index contributed by atoms with van der Waals surface area (Å²) in [5.74, 6) is 1.68. The van der Waals surface area contributed by atoms with Gasteiger partial charge in [-0.05, 0) is 65.9 Å². The van der Waals surface area contributed by atoms with Crippen LogP contribution in [0.25, 0.3) is 11.4 Å². The van der Waals surface area contributed by atoms with Crippen molar-refractivity contribution in [3.05, 3.63) is 51.4 Å². The van der Waals surface area contributed by atoms with E-state index in [1.165, 1.54) is 5.56 Å². The predicted molar refractivity (Wildman–Crippen MR) is 99.8 cm³/mol. The van der Waals surface area contributed by atoms with Gasteiger partial charge in [-0.25, -0.2) is 4.68 Å². The molecular weight excluding hydrogens is 340 g/mol. The molecule has 0 aliphatic rings. The maximum Gasteiger partial charge on any atom is 0.199 e. The largest absolute Gasteiger partial charge is 0.497 e. The van der Waals surface area contributed by atoms with Crippen molar-refractivity contribution in [3.8, 4) is 17.1 Å². The fourth-order valence-corrected chi connectivity index (χ4v) is 3.39. The summed E-state index contributed by atoms with van der Waals surface area (Å²) in [6, 6.07) is 9.99. The van der Waals surface area contributed by atoms with Gasteiger partial charge < -0.3 is 9.30 Å². The predicted octanol–water partition coefficient (Wildman–Crippen LogP) is 3.78. The minimum absolute atomic E-state index is 0.651. The second-order valence-electron chi connectivity index (χ2n) is 5.68. The second-order valence-corrected chi connectivity index (χ2v) is 6.83. The number of ether oxygens (including phenoxy) is 1. The summed E-state index contributed by atoms with van der Waals surface area (Å²) in [5, 5.41) is 8.96. The van der Waals surface area contributed by atoms with Crippen molar-refractivity contribution in [2.24, 2.45) is 7.05 Å². The van der Waals surface area contributed by atoms with E-state index in [1.807, 2.05) is 40.6 Å². The maximum atomic E-state index is 5.54. The summed E-state index contributed by atoms with van der Waals surface area (Å²) in [7, 11) is 5.68. The molecule has 5 nitrogen and oxygen atoms in total. The molecule has 3 aromatic rings. The molecule has 0 bridgehead atoms. The van der Waals surface area contributed by atoms with Crippen LogP contribution in [0.4, 0.5) is 0 Å². The van der Waals surface area contributed by atoms with Gasteiger partial charge in [-0.1, -0.05) is 0 Å². The molecule has 3 rings (SSSR count). The molecule has 0 unspecified atom stereocenters. The zero-order chi connectivity index (χ0) is 17.1. The van der Waals surface area contributed by atoms with Crippen LogP contribution in [0.1, 0.15) is 5.56 Å². The van der Waals surface area contributed by atoms with Gasteiger partial charge in [0, 0.05) is 19.2 Å². The van der Waals surface area contributed by atoms with E-state index in [-0.39, 0.29) is 0 Å². The van der Waals surface area contributed by atoms with E-state index in [4.69, 9.17) is 22.1 Å². The molecule has 0 aliphatic carbocycles. The summed E-state index contributed by atoms with van der Waals surface area (Å²) < 4.78 is 9.72. The van der Waals surface area contributed by atoms with E-state index < -0.39 is 0 Å². The molecule has 0 N–H and O–H groups in total. The molecule has 0 aliphatic heterocycles. The van der Waals surface area contributed by atoms with Crippen LogP contribution in [0.2, 0.25) is 0 Å². The molecule has 7 heteroatoms. The Labute approximate surface area is 150 Å². The van der Waals surface area contributed by atoms with Gasteiger partial charge in [0.15, 0.2) is 10.6 Å². The number of thiophene rings is 1. The quantitative estimate of drug-likeness (QED) is 0.627. The standard InChI is InChI=1S/C17H20N4OS2/c1-19(10-13-8-9-24-11-13)12-21-17(23)20(2)16(18-21)14-4-6-15(22-3)7-5-14/h4-9,11H,10,12H2,1-3H3. The van der Waals surface area contributed by atoms with Crippen molar-refractivity contribution < 1.29 is 4.74 Å². The van der Waals surface area contributed by atoms with Crippen LogP contribution >= 0.6 is 23.6 Å². The lowest BCUT2D eigenvalue weighted by molar-refractivity contribution is 0.244. The minimum Gasteiger partial charge on any atom is -0.497 e. The lowest BCUT2D eigenvalue weighted by Gasteiger charge is -2.15. The fraction of sp³-hybridized carbons (Fsp3) is 0.294. The van der Waals surface area contributed by atoms with E-state index in [9.17, 15) is 0 Å². The van der Waals surface area contributed by atoms with E-state index in [0.29, 0.717) is 11.4 Å². The van der Waals surface area contributed by atoms with Crippen molar-refractivity contribution in [3.63, 3.8) is 0 Å². The van der Waals surface area contributed by atoms with Crippen LogP contribution in [-0.4, -0.2) is 33.4 Å². The summed E-state index contributed by atoms with van der Waals surface area (Å²) in [6.45, 7) is 1.53. The third-order valence-corrected chi connectivity index (χ3v) is 5.01. The number of rotatable bonds is 6. The first kappa shape index (κ1) is 16.9. The number of methoxy groups -OCH3 is 1. The average Bonchev–Trinajstić information content (AvgIpc) is 3.19. The monoisotopic (exact) mass is 360 g/mol. The molecule has 0 amide bonds. The fourth-order valence-electron chi connectivity index (χ4n) is 2.54. The Morgan fingerprint density at radius 1 is 1.25 bits per heavy atom. The highest BCUT2D eigenvalue weighted by Gasteiger charge is 2.11. The highest BCUT2D eigenvalue weighted by atomic mass is 32.1. The maximum absolute atomic E-state index is 5.54. The first-order valence-electron chi connectivity index (χ1n) is 7.56. The molecule has 0 saturated carbocycles. The summed E-state index contributed by atoms with van der Waals surface area (Å²) in [5.41, 5.74) is 2.32. The number of nitrogens with zero attached hydrogens (tertiary/aromatic N) is 4. The van der Waals surface area contributed by atoms with E-state index in [0.717, 1.165) is 23.7 Å². The topological polar surface area (TPSA) is 35.2 Å². The highest BCUT2D eigenvalue weighted by Crippen LogP contribution is 2.21. The molecule has 2 heterocycles. The van der Waals surface area contributed by atoms with Gasteiger partial charge in [0.1, 0.15) is 5.75 Å². The van der Waals surface area contributed by atoms with Crippen molar-refractivity contribution >= 4 is 23.6 Å². The Bertz CT molecular complexity index is 850. The van der Waals surface area contributed by atoms with Crippen molar-refractivity contribution in [2.75, 3.05) is 14.2 Å². The normalized spacial score (nSPS) is 11.2. The number of hydrogen-bond donors (Lipinski definition) is 0. The second kappa shape index (κ2) is 7.29. The van der Waals surface area contributed by atoms with Crippen molar-refractivity contribution in [1.29, 1.82) is 0 Å². The van der Waals surface area contributed by atoms with Crippen LogP contribution < -0.4 is 4.74 Å². The van der Waals surface area contributed by atoms with E-state index in [2.05, 4.69) is 28.8 Å². The zero-order valence-electron chi connectivity index (χ0n) is 14.0. The van der Waals surface area contributed by atoms with Crippen LogP contribution in [0.5, 0.6) is 5.75 Å².